The molecule has 2 rings (SSSR count). The van der Waals surface area contributed by atoms with E-state index >= 15 is 0 Å². The fourth-order valence-corrected chi connectivity index (χ4v) is 3.27. The number of thioether (sulfide) groups is 1. The fraction of sp³-hybridized carbons (Fsp3) is 0.500. The van der Waals surface area contributed by atoms with Crippen molar-refractivity contribution in [3.8, 4) is 0 Å². The normalized spacial score (nSPS) is 18.9. The van der Waals surface area contributed by atoms with Crippen LogP contribution in [0.1, 0.15) is 42.5 Å². The first-order valence-electron chi connectivity index (χ1n) is 6.12. The van der Waals surface area contributed by atoms with Gasteiger partial charge in [0.15, 0.2) is 0 Å². The van der Waals surface area contributed by atoms with Crippen molar-refractivity contribution in [2.75, 3.05) is 5.75 Å². The van der Waals surface area contributed by atoms with E-state index in [1.165, 1.54) is 6.42 Å². The Morgan fingerprint density at radius 1 is 1.18 bits per heavy atom. The zero-order valence-corrected chi connectivity index (χ0v) is 10.7. The van der Waals surface area contributed by atoms with E-state index in [2.05, 4.69) is 0 Å². The summed E-state index contributed by atoms with van der Waals surface area (Å²) in [5, 5.41) is 10.4. The lowest BCUT2D eigenvalue weighted by molar-refractivity contribution is 0.0273. The molecule has 0 spiro atoms. The van der Waals surface area contributed by atoms with Crippen LogP contribution in [-0.4, -0.2) is 22.7 Å². The lowest BCUT2D eigenvalue weighted by Crippen LogP contribution is -2.33. The maximum absolute atomic E-state index is 10.5. The molecule has 0 aliphatic heterocycles. The van der Waals surface area contributed by atoms with E-state index in [0.29, 0.717) is 5.56 Å². The molecule has 17 heavy (non-hydrogen) atoms. The van der Waals surface area contributed by atoms with E-state index in [4.69, 9.17) is 0 Å². The largest absolute Gasteiger partial charge is 0.389 e. The summed E-state index contributed by atoms with van der Waals surface area (Å²) in [5.74, 6) is 0.757. The average Bonchev–Trinajstić information content (AvgIpc) is 2.38. The first-order valence-corrected chi connectivity index (χ1v) is 7.11. The van der Waals surface area contributed by atoms with Crippen LogP contribution in [0.15, 0.2) is 29.2 Å². The van der Waals surface area contributed by atoms with E-state index in [1.54, 1.807) is 11.8 Å². The second-order valence-corrected chi connectivity index (χ2v) is 5.81. The van der Waals surface area contributed by atoms with E-state index in [0.717, 1.165) is 42.6 Å². The molecule has 0 radical (unpaired) electrons. The molecule has 1 aliphatic carbocycles. The Morgan fingerprint density at radius 3 is 2.41 bits per heavy atom. The van der Waals surface area contributed by atoms with Crippen molar-refractivity contribution in [1.29, 1.82) is 0 Å². The third-order valence-corrected chi connectivity index (χ3v) is 4.60. The van der Waals surface area contributed by atoms with E-state index in [1.807, 2.05) is 24.3 Å². The van der Waals surface area contributed by atoms with Gasteiger partial charge in [-0.3, -0.25) is 4.79 Å². The maximum atomic E-state index is 10.5. The van der Waals surface area contributed by atoms with Gasteiger partial charge in [-0.15, -0.1) is 11.8 Å². The molecule has 3 heteroatoms. The number of rotatable bonds is 4. The number of aldehydes is 1. The first kappa shape index (κ1) is 12.7. The molecule has 1 N–H and O–H groups in total. The molecule has 0 unspecified atom stereocenters. The molecule has 0 bridgehead atoms. The average molecular weight is 250 g/mol. The van der Waals surface area contributed by atoms with Crippen molar-refractivity contribution >= 4 is 18.0 Å². The molecule has 1 fully saturated rings. The van der Waals surface area contributed by atoms with Crippen molar-refractivity contribution in [2.24, 2.45) is 0 Å². The van der Waals surface area contributed by atoms with E-state index in [9.17, 15) is 9.90 Å². The minimum Gasteiger partial charge on any atom is -0.389 e. The molecule has 1 aromatic rings. The highest BCUT2D eigenvalue weighted by Gasteiger charge is 2.28. The van der Waals surface area contributed by atoms with Crippen molar-refractivity contribution in [3.63, 3.8) is 0 Å². The summed E-state index contributed by atoms with van der Waals surface area (Å²) < 4.78 is 0. The minimum absolute atomic E-state index is 0.480. The van der Waals surface area contributed by atoms with Crippen molar-refractivity contribution in [1.82, 2.24) is 0 Å². The summed E-state index contributed by atoms with van der Waals surface area (Å²) in [5.41, 5.74) is 0.220. The quantitative estimate of drug-likeness (QED) is 0.658. The van der Waals surface area contributed by atoms with Crippen LogP contribution in [0.5, 0.6) is 0 Å². The standard InChI is InChI=1S/C14H18O2S/c15-10-12-4-6-13(7-5-12)17-11-14(16)8-2-1-3-9-14/h4-7,10,16H,1-3,8-9,11H2. The fourth-order valence-electron chi connectivity index (χ4n) is 2.21. The Morgan fingerprint density at radius 2 is 1.82 bits per heavy atom. The number of hydrogen-bond acceptors (Lipinski definition) is 3. The smallest absolute Gasteiger partial charge is 0.150 e. The van der Waals surface area contributed by atoms with Gasteiger partial charge in [0, 0.05) is 16.2 Å². The lowest BCUT2D eigenvalue weighted by atomic mass is 9.86. The number of carbonyl (C=O) groups is 1. The van der Waals surface area contributed by atoms with Crippen LogP contribution in [0.3, 0.4) is 0 Å². The molecule has 0 atom stereocenters. The molecule has 1 saturated carbocycles. The van der Waals surface area contributed by atoms with Crippen LogP contribution in [0, 0.1) is 0 Å². The zero-order chi connectivity index (χ0) is 12.1. The van der Waals surface area contributed by atoms with Crippen LogP contribution < -0.4 is 0 Å². The van der Waals surface area contributed by atoms with Crippen molar-refractivity contribution in [3.05, 3.63) is 29.8 Å². The van der Waals surface area contributed by atoms with Crippen LogP contribution in [0.2, 0.25) is 0 Å². The second kappa shape index (κ2) is 5.69. The summed E-state index contributed by atoms with van der Waals surface area (Å²) in [4.78, 5) is 11.6. The molecule has 0 saturated heterocycles. The van der Waals surface area contributed by atoms with Crippen LogP contribution >= 0.6 is 11.8 Å². The third-order valence-electron chi connectivity index (χ3n) is 3.31. The molecule has 2 nitrogen and oxygen atoms in total. The Balaban J connectivity index is 1.89. The second-order valence-electron chi connectivity index (χ2n) is 4.76. The summed E-state index contributed by atoms with van der Waals surface area (Å²) in [6, 6.07) is 7.53. The van der Waals surface area contributed by atoms with Crippen molar-refractivity contribution in [2.45, 2.75) is 42.6 Å². The van der Waals surface area contributed by atoms with Gasteiger partial charge in [-0.05, 0) is 25.0 Å². The van der Waals surface area contributed by atoms with Gasteiger partial charge in [-0.25, -0.2) is 0 Å². The maximum Gasteiger partial charge on any atom is 0.150 e. The summed E-state index contributed by atoms with van der Waals surface area (Å²) >= 11 is 1.68. The van der Waals surface area contributed by atoms with Gasteiger partial charge in [0.25, 0.3) is 0 Å². The molecule has 1 aromatic carbocycles. The van der Waals surface area contributed by atoms with E-state index < -0.39 is 5.60 Å². The van der Waals surface area contributed by atoms with Crippen molar-refractivity contribution < 1.29 is 9.90 Å². The van der Waals surface area contributed by atoms with Crippen LogP contribution in [-0.2, 0) is 0 Å². The predicted molar refractivity (Wildman–Crippen MR) is 70.6 cm³/mol. The highest BCUT2D eigenvalue weighted by atomic mass is 32.2. The Hall–Kier alpha value is -0.800. The summed E-state index contributed by atoms with van der Waals surface area (Å²) in [6.45, 7) is 0. The van der Waals surface area contributed by atoms with Gasteiger partial charge in [-0.2, -0.15) is 0 Å². The van der Waals surface area contributed by atoms with Crippen LogP contribution in [0.4, 0.5) is 0 Å². The number of benzene rings is 1. The first-order chi connectivity index (χ1) is 8.22. The van der Waals surface area contributed by atoms with Gasteiger partial charge in [0.05, 0.1) is 5.60 Å². The molecule has 92 valence electrons. The van der Waals surface area contributed by atoms with Gasteiger partial charge in [0.2, 0.25) is 0 Å². The lowest BCUT2D eigenvalue weighted by Gasteiger charge is -2.31. The number of carbonyl (C=O) groups excluding carboxylic acids is 1. The van der Waals surface area contributed by atoms with Gasteiger partial charge in [0.1, 0.15) is 6.29 Å². The highest BCUT2D eigenvalue weighted by Crippen LogP contribution is 2.33. The topological polar surface area (TPSA) is 37.3 Å². The predicted octanol–water partition coefficient (Wildman–Crippen LogP) is 3.29. The Labute approximate surface area is 106 Å². The van der Waals surface area contributed by atoms with Gasteiger partial charge < -0.3 is 5.11 Å². The number of aliphatic hydroxyl groups is 1. The third kappa shape index (κ3) is 3.58. The van der Waals surface area contributed by atoms with Gasteiger partial charge >= 0.3 is 0 Å². The molecule has 0 aromatic heterocycles. The molecule has 0 heterocycles. The number of hydrogen-bond donors (Lipinski definition) is 1. The summed E-state index contributed by atoms with van der Waals surface area (Å²) in [7, 11) is 0. The van der Waals surface area contributed by atoms with E-state index in [-0.39, 0.29) is 0 Å². The molecular formula is C14H18O2S. The molecular weight excluding hydrogens is 232 g/mol. The molecule has 1 aliphatic rings. The SMILES string of the molecule is O=Cc1ccc(SCC2(O)CCCCC2)cc1. The molecule has 0 amide bonds. The Kier molecular flexibility index (Phi) is 4.24. The summed E-state index contributed by atoms with van der Waals surface area (Å²) in [6.07, 6.45) is 6.23. The van der Waals surface area contributed by atoms with Crippen LogP contribution in [0.25, 0.3) is 0 Å². The zero-order valence-electron chi connectivity index (χ0n) is 9.89. The minimum atomic E-state index is -0.480. The monoisotopic (exact) mass is 250 g/mol. The Bertz CT molecular complexity index is 366. The van der Waals surface area contributed by atoms with Gasteiger partial charge in [-0.1, -0.05) is 31.4 Å². The highest BCUT2D eigenvalue weighted by molar-refractivity contribution is 7.99.